The first-order valence-electron chi connectivity index (χ1n) is 7.37. The van der Waals surface area contributed by atoms with Gasteiger partial charge in [0, 0.05) is 4.90 Å². The van der Waals surface area contributed by atoms with Crippen LogP contribution >= 0.6 is 12.0 Å². The van der Waals surface area contributed by atoms with E-state index >= 15 is 0 Å². The van der Waals surface area contributed by atoms with Gasteiger partial charge in [0.05, 0.1) is 12.0 Å². The molecule has 22 heavy (non-hydrogen) atoms. The van der Waals surface area contributed by atoms with E-state index in [9.17, 15) is 0 Å². The number of rotatable bonds is 3. The van der Waals surface area contributed by atoms with Crippen molar-refractivity contribution in [2.45, 2.75) is 57.3 Å². The minimum absolute atomic E-state index is 0.0504. The van der Waals surface area contributed by atoms with Gasteiger partial charge in [0.1, 0.15) is 0 Å². The van der Waals surface area contributed by atoms with Crippen molar-refractivity contribution in [2.24, 2.45) is 0 Å². The van der Waals surface area contributed by atoms with E-state index in [0.717, 1.165) is 16.9 Å². The van der Waals surface area contributed by atoms with Crippen LogP contribution in [0.2, 0.25) is 0 Å². The Morgan fingerprint density at radius 2 is 1.59 bits per heavy atom. The van der Waals surface area contributed by atoms with Gasteiger partial charge in [-0.3, -0.25) is 0 Å². The molecule has 0 aliphatic heterocycles. The van der Waals surface area contributed by atoms with Crippen LogP contribution in [0.5, 0.6) is 0 Å². The smallest absolute Gasteiger partial charge is 0.0720 e. The summed E-state index contributed by atoms with van der Waals surface area (Å²) in [6.45, 7) is 13.1. The highest BCUT2D eigenvalue weighted by atomic mass is 32.2. The highest BCUT2D eigenvalue weighted by molar-refractivity contribution is 7.94. The van der Waals surface area contributed by atoms with Crippen LogP contribution in [0, 0.1) is 0 Å². The molecule has 0 atom stereocenters. The molecule has 1 N–H and O–H groups in total. The van der Waals surface area contributed by atoms with Gasteiger partial charge in [0.15, 0.2) is 0 Å². The summed E-state index contributed by atoms with van der Waals surface area (Å²) in [5.41, 5.74) is 2.27. The van der Waals surface area contributed by atoms with Crippen LogP contribution in [0.4, 0.5) is 0 Å². The third kappa shape index (κ3) is 3.46. The summed E-state index contributed by atoms with van der Waals surface area (Å²) in [6.07, 6.45) is 0. The van der Waals surface area contributed by atoms with Gasteiger partial charge < -0.3 is 0 Å². The Balaban J connectivity index is 2.88. The Morgan fingerprint density at radius 3 is 2.14 bits per heavy atom. The molecule has 0 heterocycles. The van der Waals surface area contributed by atoms with E-state index < -0.39 is 0 Å². The van der Waals surface area contributed by atoms with E-state index in [1.54, 1.807) is 0 Å². The lowest BCUT2D eigenvalue weighted by molar-refractivity contribution is -0.432. The average molecular weight is 320 g/mol. The molecule has 0 radical (unpaired) electrons. The summed E-state index contributed by atoms with van der Waals surface area (Å²) in [7, 11) is 0. The molecule has 0 saturated heterocycles. The lowest BCUT2D eigenvalue weighted by Crippen LogP contribution is -2.19. The van der Waals surface area contributed by atoms with Gasteiger partial charge in [-0.15, -0.1) is 4.33 Å². The molecular formula is C18H24O3S. The van der Waals surface area contributed by atoms with Crippen LogP contribution in [0.3, 0.4) is 0 Å². The number of benzene rings is 2. The molecule has 0 spiro atoms. The Bertz CT molecular complexity index is 666. The molecule has 0 unspecified atom stereocenters. The number of hydrogen-bond acceptors (Lipinski definition) is 4. The third-order valence-electron chi connectivity index (χ3n) is 3.71. The van der Waals surface area contributed by atoms with Gasteiger partial charge in [0.2, 0.25) is 0 Å². The summed E-state index contributed by atoms with van der Waals surface area (Å²) in [6, 6.07) is 10.6. The van der Waals surface area contributed by atoms with E-state index in [-0.39, 0.29) is 10.8 Å². The van der Waals surface area contributed by atoms with Gasteiger partial charge in [-0.2, -0.15) is 0 Å². The SMILES string of the molecule is CC(C)(C)c1cc2ccccc2c(C(C)(C)C)c1SOOO. The maximum absolute atomic E-state index is 8.59. The molecule has 0 amide bonds. The zero-order valence-corrected chi connectivity index (χ0v) is 14.9. The van der Waals surface area contributed by atoms with Crippen LogP contribution in [0.15, 0.2) is 35.2 Å². The molecule has 0 saturated carbocycles. The van der Waals surface area contributed by atoms with E-state index in [1.165, 1.54) is 21.9 Å². The molecule has 0 aliphatic rings. The van der Waals surface area contributed by atoms with Gasteiger partial charge >= 0.3 is 0 Å². The second-order valence-corrected chi connectivity index (χ2v) is 8.29. The monoisotopic (exact) mass is 320 g/mol. The van der Waals surface area contributed by atoms with Crippen molar-refractivity contribution >= 4 is 22.8 Å². The maximum atomic E-state index is 8.59. The van der Waals surface area contributed by atoms with Crippen LogP contribution in [0.1, 0.15) is 52.7 Å². The zero-order valence-electron chi connectivity index (χ0n) is 14.1. The summed E-state index contributed by atoms with van der Waals surface area (Å²) in [5, 5.41) is 14.9. The summed E-state index contributed by atoms with van der Waals surface area (Å²) in [4.78, 5) is 1.01. The second-order valence-electron chi connectivity index (χ2n) is 7.58. The average Bonchev–Trinajstić information content (AvgIpc) is 2.41. The number of fused-ring (bicyclic) bond motifs is 1. The van der Waals surface area contributed by atoms with E-state index in [0.29, 0.717) is 0 Å². The predicted octanol–water partition coefficient (Wildman–Crippen LogP) is 5.86. The topological polar surface area (TPSA) is 38.7 Å². The minimum Gasteiger partial charge on any atom is -0.220 e. The fraction of sp³-hybridized carbons (Fsp3) is 0.444. The Hall–Kier alpha value is -1.07. The highest BCUT2D eigenvalue weighted by Crippen LogP contribution is 2.44. The third-order valence-corrected chi connectivity index (χ3v) is 4.43. The molecule has 0 bridgehead atoms. The molecule has 2 aromatic carbocycles. The van der Waals surface area contributed by atoms with Gasteiger partial charge in [-0.25, -0.2) is 5.26 Å². The van der Waals surface area contributed by atoms with Crippen molar-refractivity contribution in [3.05, 3.63) is 41.5 Å². The summed E-state index contributed by atoms with van der Waals surface area (Å²) in [5.74, 6) is 0. The van der Waals surface area contributed by atoms with Crippen molar-refractivity contribution < 1.29 is 14.6 Å². The molecule has 4 heteroatoms. The Morgan fingerprint density at radius 1 is 0.955 bits per heavy atom. The van der Waals surface area contributed by atoms with Crippen molar-refractivity contribution in [1.82, 2.24) is 0 Å². The Labute approximate surface area is 136 Å². The molecule has 2 rings (SSSR count). The molecular weight excluding hydrogens is 296 g/mol. The second kappa shape index (κ2) is 6.20. The molecule has 2 aromatic rings. The minimum atomic E-state index is -0.0674. The first-order chi connectivity index (χ1) is 10.2. The highest BCUT2D eigenvalue weighted by Gasteiger charge is 2.29. The van der Waals surface area contributed by atoms with Crippen LogP contribution in [-0.4, -0.2) is 5.26 Å². The van der Waals surface area contributed by atoms with E-state index in [2.05, 4.69) is 70.8 Å². The van der Waals surface area contributed by atoms with Crippen molar-refractivity contribution in [1.29, 1.82) is 0 Å². The van der Waals surface area contributed by atoms with Crippen LogP contribution in [-0.2, 0) is 20.2 Å². The summed E-state index contributed by atoms with van der Waals surface area (Å²) < 4.78 is 4.81. The van der Waals surface area contributed by atoms with Crippen molar-refractivity contribution in [3.8, 4) is 0 Å². The molecule has 120 valence electrons. The molecule has 0 aliphatic carbocycles. The first kappa shape index (κ1) is 17.3. The molecule has 3 nitrogen and oxygen atoms in total. The summed E-state index contributed by atoms with van der Waals surface area (Å²) >= 11 is 1.07. The fourth-order valence-electron chi connectivity index (χ4n) is 2.77. The molecule has 0 fully saturated rings. The van der Waals surface area contributed by atoms with Gasteiger partial charge in [-0.05, 0) is 38.8 Å². The van der Waals surface area contributed by atoms with Crippen LogP contribution in [0.25, 0.3) is 10.8 Å². The number of hydrogen-bond donors (Lipinski definition) is 1. The quantitative estimate of drug-likeness (QED) is 0.436. The first-order valence-corrected chi connectivity index (χ1v) is 8.12. The van der Waals surface area contributed by atoms with Crippen molar-refractivity contribution in [2.75, 3.05) is 0 Å². The van der Waals surface area contributed by atoms with Crippen LogP contribution < -0.4 is 0 Å². The molecule has 0 aromatic heterocycles. The lowest BCUT2D eigenvalue weighted by Gasteiger charge is -2.30. The predicted molar refractivity (Wildman–Crippen MR) is 92.0 cm³/mol. The Kier molecular flexibility index (Phi) is 4.87. The zero-order chi connectivity index (χ0) is 16.5. The lowest BCUT2D eigenvalue weighted by atomic mass is 9.78. The van der Waals surface area contributed by atoms with Crippen molar-refractivity contribution in [3.63, 3.8) is 0 Å². The fourth-order valence-corrected chi connectivity index (χ4v) is 3.82. The standard InChI is InChI=1S/C18H24O3S/c1-17(2,3)14-11-12-9-7-8-10-13(12)15(18(4,5)6)16(14)22-21-20-19/h7-11,19H,1-6H3. The normalized spacial score (nSPS) is 12.9. The maximum Gasteiger partial charge on any atom is 0.0720 e. The van der Waals surface area contributed by atoms with Gasteiger partial charge in [0.25, 0.3) is 0 Å². The largest absolute Gasteiger partial charge is 0.220 e. The van der Waals surface area contributed by atoms with E-state index in [1.807, 2.05) is 6.07 Å². The van der Waals surface area contributed by atoms with Gasteiger partial charge in [-0.1, -0.05) is 70.8 Å². The van der Waals surface area contributed by atoms with E-state index in [4.69, 9.17) is 9.59 Å².